The highest BCUT2D eigenvalue weighted by Gasteiger charge is 2.22. The highest BCUT2D eigenvalue weighted by atomic mass is 16.5. The molecule has 0 radical (unpaired) electrons. The Bertz CT molecular complexity index is 417. The number of benzene rings is 1. The SMILES string of the molecule is COc1cccc(OC2CCCC(C)C2)c1C(C)N. The summed E-state index contributed by atoms with van der Waals surface area (Å²) in [5, 5.41) is 0. The summed E-state index contributed by atoms with van der Waals surface area (Å²) in [7, 11) is 1.67. The molecule has 2 rings (SSSR count). The summed E-state index contributed by atoms with van der Waals surface area (Å²) in [5.74, 6) is 2.45. The summed E-state index contributed by atoms with van der Waals surface area (Å²) < 4.78 is 11.6. The minimum atomic E-state index is -0.0906. The molecule has 0 bridgehead atoms. The summed E-state index contributed by atoms with van der Waals surface area (Å²) in [6.45, 7) is 4.27. The lowest BCUT2D eigenvalue weighted by atomic mass is 9.88. The van der Waals surface area contributed by atoms with Crippen molar-refractivity contribution in [3.05, 3.63) is 23.8 Å². The summed E-state index contributed by atoms with van der Waals surface area (Å²) in [6, 6.07) is 5.81. The van der Waals surface area contributed by atoms with Crippen LogP contribution in [0.15, 0.2) is 18.2 Å². The first kappa shape index (κ1) is 14.2. The summed E-state index contributed by atoms with van der Waals surface area (Å²) in [6.07, 6.45) is 5.16. The number of nitrogens with two attached hydrogens (primary N) is 1. The van der Waals surface area contributed by atoms with E-state index in [1.54, 1.807) is 7.11 Å². The van der Waals surface area contributed by atoms with Crippen LogP contribution < -0.4 is 15.2 Å². The lowest BCUT2D eigenvalue weighted by Gasteiger charge is -2.29. The fourth-order valence-electron chi connectivity index (χ4n) is 2.92. The minimum absolute atomic E-state index is 0.0906. The second-order valence-corrected chi connectivity index (χ2v) is 5.67. The van der Waals surface area contributed by atoms with E-state index >= 15 is 0 Å². The average molecular weight is 263 g/mol. The van der Waals surface area contributed by atoms with Crippen LogP contribution >= 0.6 is 0 Å². The molecule has 3 nitrogen and oxygen atoms in total. The minimum Gasteiger partial charge on any atom is -0.496 e. The Morgan fingerprint density at radius 3 is 2.63 bits per heavy atom. The van der Waals surface area contributed by atoms with Crippen LogP contribution in [-0.2, 0) is 0 Å². The first-order chi connectivity index (χ1) is 9.11. The Kier molecular flexibility index (Phi) is 4.70. The topological polar surface area (TPSA) is 44.5 Å². The summed E-state index contributed by atoms with van der Waals surface area (Å²) >= 11 is 0. The quantitative estimate of drug-likeness (QED) is 0.901. The van der Waals surface area contributed by atoms with E-state index < -0.39 is 0 Å². The fourth-order valence-corrected chi connectivity index (χ4v) is 2.92. The van der Waals surface area contributed by atoms with E-state index in [4.69, 9.17) is 15.2 Å². The van der Waals surface area contributed by atoms with Gasteiger partial charge >= 0.3 is 0 Å². The van der Waals surface area contributed by atoms with Gasteiger partial charge in [-0.3, -0.25) is 0 Å². The summed E-state index contributed by atoms with van der Waals surface area (Å²) in [5.41, 5.74) is 7.04. The highest BCUT2D eigenvalue weighted by molar-refractivity contribution is 5.46. The molecule has 0 aromatic heterocycles. The van der Waals surface area contributed by atoms with Crippen molar-refractivity contribution < 1.29 is 9.47 Å². The third-order valence-corrected chi connectivity index (χ3v) is 3.88. The maximum atomic E-state index is 6.20. The standard InChI is InChI=1S/C16H25NO2/c1-11-6-4-7-13(10-11)19-15-9-5-8-14(18-3)16(15)12(2)17/h5,8-9,11-13H,4,6-7,10,17H2,1-3H3. The van der Waals surface area contributed by atoms with Crippen molar-refractivity contribution in [1.82, 2.24) is 0 Å². The van der Waals surface area contributed by atoms with Gasteiger partial charge in [0, 0.05) is 6.04 Å². The molecule has 106 valence electrons. The third-order valence-electron chi connectivity index (χ3n) is 3.88. The van der Waals surface area contributed by atoms with Gasteiger partial charge in [-0.05, 0) is 44.2 Å². The van der Waals surface area contributed by atoms with E-state index in [2.05, 4.69) is 6.92 Å². The normalized spacial score (nSPS) is 24.8. The molecule has 2 N–H and O–H groups in total. The molecular weight excluding hydrogens is 238 g/mol. The van der Waals surface area contributed by atoms with Gasteiger partial charge in [0.2, 0.25) is 0 Å². The van der Waals surface area contributed by atoms with E-state index in [1.807, 2.05) is 25.1 Å². The van der Waals surface area contributed by atoms with E-state index in [0.29, 0.717) is 6.10 Å². The second kappa shape index (κ2) is 6.29. The number of hydrogen-bond donors (Lipinski definition) is 1. The Balaban J connectivity index is 2.19. The van der Waals surface area contributed by atoms with Crippen molar-refractivity contribution in [2.75, 3.05) is 7.11 Å². The molecule has 0 saturated heterocycles. The predicted molar refractivity (Wildman–Crippen MR) is 77.6 cm³/mol. The molecule has 1 aromatic rings. The molecule has 0 spiro atoms. The lowest BCUT2D eigenvalue weighted by molar-refractivity contribution is 0.127. The van der Waals surface area contributed by atoms with Gasteiger partial charge in [0.05, 0.1) is 18.8 Å². The van der Waals surface area contributed by atoms with Gasteiger partial charge in [0.25, 0.3) is 0 Å². The summed E-state index contributed by atoms with van der Waals surface area (Å²) in [4.78, 5) is 0. The smallest absolute Gasteiger partial charge is 0.128 e. The van der Waals surface area contributed by atoms with Crippen molar-refractivity contribution in [1.29, 1.82) is 0 Å². The average Bonchev–Trinajstić information content (AvgIpc) is 2.38. The second-order valence-electron chi connectivity index (χ2n) is 5.67. The Hall–Kier alpha value is -1.22. The van der Waals surface area contributed by atoms with Crippen molar-refractivity contribution >= 4 is 0 Å². The third kappa shape index (κ3) is 3.41. The predicted octanol–water partition coefficient (Wildman–Crippen LogP) is 3.67. The zero-order chi connectivity index (χ0) is 13.8. The molecule has 19 heavy (non-hydrogen) atoms. The molecule has 1 fully saturated rings. The van der Waals surface area contributed by atoms with Gasteiger partial charge in [-0.2, -0.15) is 0 Å². The number of ether oxygens (including phenoxy) is 2. The fraction of sp³-hybridized carbons (Fsp3) is 0.625. The monoisotopic (exact) mass is 263 g/mol. The highest BCUT2D eigenvalue weighted by Crippen LogP contribution is 2.35. The molecular formula is C16H25NO2. The van der Waals surface area contributed by atoms with Crippen LogP contribution in [0.3, 0.4) is 0 Å². The van der Waals surface area contributed by atoms with E-state index in [0.717, 1.165) is 35.8 Å². The number of methoxy groups -OCH3 is 1. The van der Waals surface area contributed by atoms with Gasteiger partial charge in [-0.15, -0.1) is 0 Å². The van der Waals surface area contributed by atoms with Crippen molar-refractivity contribution in [2.24, 2.45) is 11.7 Å². The van der Waals surface area contributed by atoms with E-state index in [1.165, 1.54) is 12.8 Å². The number of rotatable bonds is 4. The number of hydrogen-bond acceptors (Lipinski definition) is 3. The van der Waals surface area contributed by atoms with Crippen LogP contribution in [0.5, 0.6) is 11.5 Å². The maximum absolute atomic E-state index is 6.20. The molecule has 0 heterocycles. The zero-order valence-electron chi connectivity index (χ0n) is 12.2. The molecule has 3 unspecified atom stereocenters. The largest absolute Gasteiger partial charge is 0.496 e. The molecule has 1 aliphatic rings. The molecule has 1 aromatic carbocycles. The van der Waals surface area contributed by atoms with Gasteiger partial charge < -0.3 is 15.2 Å². The van der Waals surface area contributed by atoms with Crippen LogP contribution in [0.25, 0.3) is 0 Å². The Labute approximate surface area is 116 Å². The lowest BCUT2D eigenvalue weighted by Crippen LogP contribution is -2.25. The van der Waals surface area contributed by atoms with E-state index in [9.17, 15) is 0 Å². The van der Waals surface area contributed by atoms with Crippen LogP contribution in [-0.4, -0.2) is 13.2 Å². The Morgan fingerprint density at radius 2 is 2.00 bits per heavy atom. The molecule has 0 aliphatic heterocycles. The van der Waals surface area contributed by atoms with Gasteiger partial charge in [-0.25, -0.2) is 0 Å². The van der Waals surface area contributed by atoms with Crippen LogP contribution in [0.2, 0.25) is 0 Å². The van der Waals surface area contributed by atoms with Crippen molar-refractivity contribution in [2.45, 2.75) is 51.7 Å². The van der Waals surface area contributed by atoms with E-state index in [-0.39, 0.29) is 6.04 Å². The van der Waals surface area contributed by atoms with Crippen LogP contribution in [0, 0.1) is 5.92 Å². The Morgan fingerprint density at radius 1 is 1.26 bits per heavy atom. The molecule has 1 saturated carbocycles. The van der Waals surface area contributed by atoms with Crippen molar-refractivity contribution in [3.8, 4) is 11.5 Å². The first-order valence-corrected chi connectivity index (χ1v) is 7.21. The van der Waals surface area contributed by atoms with Gasteiger partial charge in [0.15, 0.2) is 0 Å². The maximum Gasteiger partial charge on any atom is 0.128 e. The zero-order valence-corrected chi connectivity index (χ0v) is 12.2. The molecule has 3 heteroatoms. The van der Waals surface area contributed by atoms with Gasteiger partial charge in [-0.1, -0.05) is 19.4 Å². The van der Waals surface area contributed by atoms with Gasteiger partial charge in [0.1, 0.15) is 11.5 Å². The molecule has 3 atom stereocenters. The molecule has 1 aliphatic carbocycles. The van der Waals surface area contributed by atoms with Crippen LogP contribution in [0.4, 0.5) is 0 Å². The molecule has 0 amide bonds. The van der Waals surface area contributed by atoms with Crippen molar-refractivity contribution in [3.63, 3.8) is 0 Å². The first-order valence-electron chi connectivity index (χ1n) is 7.21. The van der Waals surface area contributed by atoms with Crippen LogP contribution in [0.1, 0.15) is 51.1 Å².